The predicted octanol–water partition coefficient (Wildman–Crippen LogP) is 2.25. The summed E-state index contributed by atoms with van der Waals surface area (Å²) in [5.74, 6) is 0.475. The monoisotopic (exact) mass is 132 g/mol. The van der Waals surface area contributed by atoms with Gasteiger partial charge in [-0.15, -0.1) is 4.98 Å². The van der Waals surface area contributed by atoms with Gasteiger partial charge in [-0.2, -0.15) is 0 Å². The average molecular weight is 132 g/mol. The smallest absolute Gasteiger partial charge is 0.269 e. The Bertz CT molecular complexity index is 284. The zero-order valence-electron chi connectivity index (χ0n) is 6.05. The third-order valence-corrected chi connectivity index (χ3v) is 1.47. The first-order chi connectivity index (χ1) is 4.74. The number of aromatic nitrogens is 1. The number of rotatable bonds is 0. The molecule has 0 amide bonds. The second-order valence-corrected chi connectivity index (χ2v) is 2.24. The Hall–Kier alpha value is -1.36. The van der Waals surface area contributed by atoms with E-state index in [0.717, 1.165) is 11.1 Å². The lowest BCUT2D eigenvalue weighted by Crippen LogP contribution is -1.80. The number of hydrogen-bond acceptors (Lipinski definition) is 1. The highest BCUT2D eigenvalue weighted by Crippen LogP contribution is 2.12. The molecule has 0 saturated heterocycles. The number of hydrogen-bond donors (Lipinski definition) is 0. The number of pyridine rings is 1. The molecule has 0 aromatic carbocycles. The van der Waals surface area contributed by atoms with Crippen molar-refractivity contribution in [2.75, 3.05) is 0 Å². The van der Waals surface area contributed by atoms with E-state index < -0.39 is 0 Å². The van der Waals surface area contributed by atoms with Gasteiger partial charge in [-0.25, -0.2) is 0 Å². The molecule has 2 heteroatoms. The van der Waals surface area contributed by atoms with Crippen LogP contribution in [-0.2, 0) is 0 Å². The van der Waals surface area contributed by atoms with Crippen molar-refractivity contribution >= 4 is 5.82 Å². The summed E-state index contributed by atoms with van der Waals surface area (Å²) < 4.78 is 0. The van der Waals surface area contributed by atoms with Gasteiger partial charge in [-0.05, 0) is 25.5 Å². The van der Waals surface area contributed by atoms with Gasteiger partial charge >= 0.3 is 0 Å². The van der Waals surface area contributed by atoms with Crippen molar-refractivity contribution in [1.82, 2.24) is 4.98 Å². The van der Waals surface area contributed by atoms with Crippen LogP contribution in [-0.4, -0.2) is 4.98 Å². The minimum atomic E-state index is 0.475. The van der Waals surface area contributed by atoms with E-state index in [1.165, 1.54) is 0 Å². The molecule has 1 rings (SSSR count). The van der Waals surface area contributed by atoms with E-state index >= 15 is 0 Å². The van der Waals surface area contributed by atoms with Gasteiger partial charge < -0.3 is 4.85 Å². The molecule has 0 bridgehead atoms. The van der Waals surface area contributed by atoms with Crippen molar-refractivity contribution in [1.29, 1.82) is 0 Å². The Morgan fingerprint density at radius 1 is 1.40 bits per heavy atom. The lowest BCUT2D eigenvalue weighted by Gasteiger charge is -1.94. The molecule has 0 unspecified atom stereocenters. The molecule has 1 aromatic heterocycles. The number of aryl methyl sites for hydroxylation is 2. The Labute approximate surface area is 60.3 Å². The normalized spacial score (nSPS) is 8.90. The third kappa shape index (κ3) is 1.14. The molecule has 0 spiro atoms. The molecule has 0 aliphatic rings. The van der Waals surface area contributed by atoms with E-state index in [2.05, 4.69) is 9.83 Å². The molecular weight excluding hydrogens is 124 g/mol. The molecule has 0 aliphatic carbocycles. The van der Waals surface area contributed by atoms with Gasteiger partial charge in [0, 0.05) is 0 Å². The second kappa shape index (κ2) is 2.49. The highest BCUT2D eigenvalue weighted by atomic mass is 14.8. The van der Waals surface area contributed by atoms with Crippen LogP contribution in [0.5, 0.6) is 0 Å². The van der Waals surface area contributed by atoms with E-state index in [1.807, 2.05) is 13.8 Å². The van der Waals surface area contributed by atoms with Crippen molar-refractivity contribution < 1.29 is 0 Å². The Balaban J connectivity index is 3.20. The minimum Gasteiger partial charge on any atom is -0.361 e. The van der Waals surface area contributed by atoms with E-state index in [9.17, 15) is 0 Å². The minimum absolute atomic E-state index is 0.475. The van der Waals surface area contributed by atoms with Crippen molar-refractivity contribution in [2.45, 2.75) is 13.8 Å². The fraction of sp³-hybridized carbons (Fsp3) is 0.250. The summed E-state index contributed by atoms with van der Waals surface area (Å²) in [6.45, 7) is 10.6. The van der Waals surface area contributed by atoms with Crippen LogP contribution in [0.3, 0.4) is 0 Å². The third-order valence-electron chi connectivity index (χ3n) is 1.47. The zero-order valence-corrected chi connectivity index (χ0v) is 6.05. The molecule has 2 nitrogen and oxygen atoms in total. The summed E-state index contributed by atoms with van der Waals surface area (Å²) >= 11 is 0. The summed E-state index contributed by atoms with van der Waals surface area (Å²) in [5.41, 5.74) is 2.26. The largest absolute Gasteiger partial charge is 0.361 e. The molecule has 0 fully saturated rings. The van der Waals surface area contributed by atoms with Crippen molar-refractivity contribution in [3.05, 3.63) is 34.8 Å². The summed E-state index contributed by atoms with van der Waals surface area (Å²) in [5, 5.41) is 0. The van der Waals surface area contributed by atoms with Gasteiger partial charge in [0.05, 0.1) is 0 Å². The zero-order chi connectivity index (χ0) is 7.56. The topological polar surface area (TPSA) is 17.2 Å². The van der Waals surface area contributed by atoms with Crippen molar-refractivity contribution in [3.8, 4) is 0 Å². The molecule has 50 valence electrons. The van der Waals surface area contributed by atoms with Gasteiger partial charge in [-0.1, -0.05) is 12.1 Å². The summed E-state index contributed by atoms with van der Waals surface area (Å²) in [6, 6.07) is 1.79. The Morgan fingerprint density at radius 2 is 2.10 bits per heavy atom. The highest BCUT2D eigenvalue weighted by Gasteiger charge is 1.95. The van der Waals surface area contributed by atoms with Crippen LogP contribution in [0, 0.1) is 20.4 Å². The molecular formula is C8H8N2. The first kappa shape index (κ1) is 6.76. The quantitative estimate of drug-likeness (QED) is 0.495. The van der Waals surface area contributed by atoms with E-state index in [4.69, 9.17) is 6.57 Å². The molecule has 0 N–H and O–H groups in total. The van der Waals surface area contributed by atoms with Crippen LogP contribution in [0.15, 0.2) is 12.3 Å². The molecule has 0 radical (unpaired) electrons. The van der Waals surface area contributed by atoms with E-state index in [0.29, 0.717) is 5.82 Å². The van der Waals surface area contributed by atoms with E-state index in [-0.39, 0.29) is 0 Å². The van der Waals surface area contributed by atoms with Gasteiger partial charge in [-0.3, -0.25) is 0 Å². The first-order valence-corrected chi connectivity index (χ1v) is 3.05. The van der Waals surface area contributed by atoms with Crippen molar-refractivity contribution in [3.63, 3.8) is 0 Å². The van der Waals surface area contributed by atoms with Gasteiger partial charge in [0.1, 0.15) is 6.20 Å². The lowest BCUT2D eigenvalue weighted by atomic mass is 10.2. The summed E-state index contributed by atoms with van der Waals surface area (Å²) in [4.78, 5) is 7.11. The predicted molar refractivity (Wildman–Crippen MR) is 40.0 cm³/mol. The number of nitrogens with zero attached hydrogens (tertiary/aromatic N) is 2. The molecule has 10 heavy (non-hydrogen) atoms. The van der Waals surface area contributed by atoms with Crippen LogP contribution in [0.1, 0.15) is 11.1 Å². The van der Waals surface area contributed by atoms with Gasteiger partial charge in [0.15, 0.2) is 0 Å². The SMILES string of the molecule is [C-]#[N+]c1cc(C)c(C)cn1. The van der Waals surface area contributed by atoms with Crippen LogP contribution in [0.2, 0.25) is 0 Å². The lowest BCUT2D eigenvalue weighted by molar-refractivity contribution is 1.23. The molecule has 0 aliphatic heterocycles. The second-order valence-electron chi connectivity index (χ2n) is 2.24. The maximum atomic E-state index is 6.67. The first-order valence-electron chi connectivity index (χ1n) is 3.05. The van der Waals surface area contributed by atoms with Crippen LogP contribution in [0.4, 0.5) is 5.82 Å². The van der Waals surface area contributed by atoms with Crippen LogP contribution in [0.25, 0.3) is 4.85 Å². The van der Waals surface area contributed by atoms with Crippen LogP contribution >= 0.6 is 0 Å². The fourth-order valence-electron chi connectivity index (χ4n) is 0.671. The maximum Gasteiger partial charge on any atom is 0.269 e. The maximum absolute atomic E-state index is 6.67. The molecule has 1 heterocycles. The standard InChI is InChI=1S/C8H8N2/c1-6-4-8(9-3)10-5-7(6)2/h4-5H,1-2H3. The average Bonchev–Trinajstić information content (AvgIpc) is 1.95. The summed E-state index contributed by atoms with van der Waals surface area (Å²) in [7, 11) is 0. The fourth-order valence-corrected chi connectivity index (χ4v) is 0.671. The van der Waals surface area contributed by atoms with E-state index in [1.54, 1.807) is 12.3 Å². The van der Waals surface area contributed by atoms with Crippen molar-refractivity contribution in [2.24, 2.45) is 0 Å². The molecule has 0 atom stereocenters. The van der Waals surface area contributed by atoms with Crippen LogP contribution < -0.4 is 0 Å². The summed E-state index contributed by atoms with van der Waals surface area (Å²) in [6.07, 6.45) is 1.72. The molecule has 0 saturated carbocycles. The Morgan fingerprint density at radius 3 is 2.60 bits per heavy atom. The highest BCUT2D eigenvalue weighted by molar-refractivity contribution is 5.40. The molecule has 1 aromatic rings. The van der Waals surface area contributed by atoms with Gasteiger partial charge in [0.2, 0.25) is 0 Å². The van der Waals surface area contributed by atoms with Gasteiger partial charge in [0.25, 0.3) is 5.82 Å². The Kier molecular flexibility index (Phi) is 1.68.